The van der Waals surface area contributed by atoms with Crippen molar-refractivity contribution >= 4 is 16.8 Å². The van der Waals surface area contributed by atoms with Crippen LogP contribution >= 0.6 is 0 Å². The number of aromatic amines is 1. The summed E-state index contributed by atoms with van der Waals surface area (Å²) in [6.07, 6.45) is 0.628. The van der Waals surface area contributed by atoms with Crippen molar-refractivity contribution in [2.75, 3.05) is 13.1 Å². The molecule has 6 heteroatoms. The number of amides is 1. The summed E-state index contributed by atoms with van der Waals surface area (Å²) in [4.78, 5) is 18.0. The zero-order valence-corrected chi connectivity index (χ0v) is 16.0. The molecule has 1 N–H and O–H groups in total. The zero-order chi connectivity index (χ0) is 20.4. The summed E-state index contributed by atoms with van der Waals surface area (Å²) in [6, 6.07) is 13.0. The van der Waals surface area contributed by atoms with Crippen LogP contribution in [0.5, 0.6) is 0 Å². The van der Waals surface area contributed by atoms with Crippen LogP contribution in [0.1, 0.15) is 48.3 Å². The minimum Gasteiger partial charge on any atom is -0.361 e. The normalized spacial score (nSPS) is 16.2. The van der Waals surface area contributed by atoms with E-state index in [0.717, 1.165) is 54.9 Å². The van der Waals surface area contributed by atoms with E-state index in [1.807, 2.05) is 35.4 Å². The van der Waals surface area contributed by atoms with Crippen LogP contribution < -0.4 is 0 Å². The molecule has 0 spiro atoms. The predicted octanol–water partition coefficient (Wildman–Crippen LogP) is 5.72. The van der Waals surface area contributed by atoms with Gasteiger partial charge in [0.15, 0.2) is 0 Å². The number of para-hydroxylation sites is 1. The molecule has 1 fully saturated rings. The Labute approximate surface area is 167 Å². The van der Waals surface area contributed by atoms with Crippen LogP contribution in [0, 0.1) is 0 Å². The van der Waals surface area contributed by atoms with E-state index in [-0.39, 0.29) is 12.3 Å². The number of rotatable bonds is 4. The Balaban J connectivity index is 1.74. The highest BCUT2D eigenvalue weighted by molar-refractivity contribution is 5.86. The molecule has 1 aromatic heterocycles. The summed E-state index contributed by atoms with van der Waals surface area (Å²) >= 11 is 0. The number of hydrogen-bond acceptors (Lipinski definition) is 1. The molecule has 1 atom stereocenters. The number of carbonyl (C=O) groups excluding carboxylic acids is 1. The van der Waals surface area contributed by atoms with Crippen LogP contribution in [0.25, 0.3) is 10.9 Å². The second kappa shape index (κ2) is 7.93. The topological polar surface area (TPSA) is 36.1 Å². The summed E-state index contributed by atoms with van der Waals surface area (Å²) in [5, 5.41) is 0.932. The van der Waals surface area contributed by atoms with Crippen LogP contribution in [0.2, 0.25) is 0 Å². The van der Waals surface area contributed by atoms with E-state index in [0.29, 0.717) is 5.56 Å². The molecule has 3 aromatic rings. The maximum atomic E-state index is 13.3. The quantitative estimate of drug-likeness (QED) is 0.597. The van der Waals surface area contributed by atoms with Crippen LogP contribution in [0.3, 0.4) is 0 Å². The van der Waals surface area contributed by atoms with Crippen molar-refractivity contribution in [3.05, 3.63) is 71.4 Å². The molecule has 2 heterocycles. The zero-order valence-electron chi connectivity index (χ0n) is 16.0. The van der Waals surface area contributed by atoms with Crippen molar-refractivity contribution in [1.82, 2.24) is 9.88 Å². The van der Waals surface area contributed by atoms with Crippen molar-refractivity contribution in [2.45, 2.75) is 37.8 Å². The number of halogens is 3. The van der Waals surface area contributed by atoms with E-state index in [4.69, 9.17) is 0 Å². The maximum Gasteiger partial charge on any atom is 0.416 e. The molecular weight excluding hydrogens is 377 g/mol. The number of benzene rings is 2. The maximum absolute atomic E-state index is 13.3. The Bertz CT molecular complexity index is 1000. The Kier molecular flexibility index (Phi) is 5.35. The summed E-state index contributed by atoms with van der Waals surface area (Å²) in [5.41, 5.74) is 1.58. The molecule has 0 bridgehead atoms. The molecule has 1 aliphatic heterocycles. The third kappa shape index (κ3) is 4.16. The second-order valence-electron chi connectivity index (χ2n) is 7.61. The number of hydrogen-bond donors (Lipinski definition) is 1. The Morgan fingerprint density at radius 2 is 1.79 bits per heavy atom. The Morgan fingerprint density at radius 1 is 1.03 bits per heavy atom. The molecule has 4 rings (SSSR count). The van der Waals surface area contributed by atoms with Crippen molar-refractivity contribution < 1.29 is 18.0 Å². The lowest BCUT2D eigenvalue weighted by Crippen LogP contribution is -2.36. The first-order chi connectivity index (χ1) is 13.9. The first-order valence-corrected chi connectivity index (χ1v) is 9.94. The fourth-order valence-electron chi connectivity index (χ4n) is 4.17. The van der Waals surface area contributed by atoms with Gasteiger partial charge < -0.3 is 9.88 Å². The van der Waals surface area contributed by atoms with E-state index in [1.54, 1.807) is 6.07 Å². The van der Waals surface area contributed by atoms with Gasteiger partial charge in [-0.05, 0) is 42.5 Å². The molecule has 0 aliphatic carbocycles. The lowest BCUT2D eigenvalue weighted by Gasteiger charge is -2.29. The SMILES string of the molecule is O=C(C[C@@H](c1cccc(C(F)(F)F)c1)c1c[nH]c2ccccc12)N1CCCCC1. The number of aromatic nitrogens is 1. The third-order valence-electron chi connectivity index (χ3n) is 5.70. The Morgan fingerprint density at radius 3 is 2.55 bits per heavy atom. The van der Waals surface area contributed by atoms with Crippen LogP contribution in [-0.4, -0.2) is 28.9 Å². The molecule has 29 heavy (non-hydrogen) atoms. The number of piperidine rings is 1. The third-order valence-corrected chi connectivity index (χ3v) is 5.70. The highest BCUT2D eigenvalue weighted by Crippen LogP contribution is 2.37. The standard InChI is InChI=1S/C23H23F3N2O/c24-23(25,26)17-8-6-7-16(13-17)19(14-22(29)28-11-4-1-5-12-28)20-15-27-21-10-3-2-9-18(20)21/h2-3,6-10,13,15,19,27H,1,4-5,11-12,14H2/t19-/m0/s1. The van der Waals surface area contributed by atoms with Crippen molar-refractivity contribution in [3.63, 3.8) is 0 Å². The number of fused-ring (bicyclic) bond motifs is 1. The average Bonchev–Trinajstić information content (AvgIpc) is 3.16. The van der Waals surface area contributed by atoms with Gasteiger partial charge in [0.1, 0.15) is 0 Å². The van der Waals surface area contributed by atoms with Gasteiger partial charge in [0, 0.05) is 42.5 Å². The van der Waals surface area contributed by atoms with Gasteiger partial charge in [0.25, 0.3) is 0 Å². The molecular formula is C23H23F3N2O. The van der Waals surface area contributed by atoms with Crippen molar-refractivity contribution in [3.8, 4) is 0 Å². The van der Waals surface area contributed by atoms with E-state index in [9.17, 15) is 18.0 Å². The van der Waals surface area contributed by atoms with Gasteiger partial charge in [-0.2, -0.15) is 13.2 Å². The summed E-state index contributed by atoms with van der Waals surface area (Å²) in [5.74, 6) is -0.444. The minimum absolute atomic E-state index is 0.00241. The molecule has 1 saturated heterocycles. The van der Waals surface area contributed by atoms with Crippen LogP contribution in [0.15, 0.2) is 54.7 Å². The first-order valence-electron chi connectivity index (χ1n) is 9.94. The molecule has 1 aliphatic rings. The molecule has 3 nitrogen and oxygen atoms in total. The van der Waals surface area contributed by atoms with Crippen LogP contribution in [0.4, 0.5) is 13.2 Å². The van der Waals surface area contributed by atoms with Gasteiger partial charge in [-0.1, -0.05) is 36.4 Å². The van der Waals surface area contributed by atoms with Gasteiger partial charge in [-0.3, -0.25) is 4.79 Å². The smallest absolute Gasteiger partial charge is 0.361 e. The van der Waals surface area contributed by atoms with Gasteiger partial charge in [-0.25, -0.2) is 0 Å². The summed E-state index contributed by atoms with van der Waals surface area (Å²) in [6.45, 7) is 1.45. The van der Waals surface area contributed by atoms with Gasteiger partial charge >= 0.3 is 6.18 Å². The van der Waals surface area contributed by atoms with Crippen molar-refractivity contribution in [1.29, 1.82) is 0 Å². The number of carbonyl (C=O) groups is 1. The number of alkyl halides is 3. The Hall–Kier alpha value is -2.76. The van der Waals surface area contributed by atoms with E-state index in [1.165, 1.54) is 12.1 Å². The molecule has 2 aromatic carbocycles. The highest BCUT2D eigenvalue weighted by Gasteiger charge is 2.32. The monoisotopic (exact) mass is 400 g/mol. The lowest BCUT2D eigenvalue weighted by atomic mass is 9.86. The molecule has 1 amide bonds. The molecule has 0 saturated carbocycles. The van der Waals surface area contributed by atoms with Crippen molar-refractivity contribution in [2.24, 2.45) is 0 Å². The average molecular weight is 400 g/mol. The van der Waals surface area contributed by atoms with Gasteiger partial charge in [-0.15, -0.1) is 0 Å². The molecule has 152 valence electrons. The van der Waals surface area contributed by atoms with E-state index < -0.39 is 17.7 Å². The summed E-state index contributed by atoms with van der Waals surface area (Å²) < 4.78 is 39.9. The number of nitrogens with one attached hydrogen (secondary N) is 1. The fraction of sp³-hybridized carbons (Fsp3) is 0.348. The largest absolute Gasteiger partial charge is 0.416 e. The predicted molar refractivity (Wildman–Crippen MR) is 107 cm³/mol. The molecule has 0 unspecified atom stereocenters. The fourth-order valence-corrected chi connectivity index (χ4v) is 4.17. The number of likely N-dealkylation sites (tertiary alicyclic amines) is 1. The van der Waals surface area contributed by atoms with Crippen LogP contribution in [-0.2, 0) is 11.0 Å². The minimum atomic E-state index is -4.42. The second-order valence-corrected chi connectivity index (χ2v) is 7.61. The molecule has 0 radical (unpaired) electrons. The van der Waals surface area contributed by atoms with E-state index >= 15 is 0 Å². The van der Waals surface area contributed by atoms with E-state index in [2.05, 4.69) is 4.98 Å². The number of nitrogens with zero attached hydrogens (tertiary/aromatic N) is 1. The lowest BCUT2D eigenvalue weighted by molar-refractivity contribution is -0.137. The first kappa shape index (κ1) is 19.6. The number of H-pyrrole nitrogens is 1. The highest BCUT2D eigenvalue weighted by atomic mass is 19.4. The van der Waals surface area contributed by atoms with Gasteiger partial charge in [0.05, 0.1) is 5.56 Å². The van der Waals surface area contributed by atoms with Gasteiger partial charge in [0.2, 0.25) is 5.91 Å². The summed E-state index contributed by atoms with van der Waals surface area (Å²) in [7, 11) is 0.